The number of carbonyl (C=O) groups is 3. The molecule has 2 aliphatic rings. The fraction of sp³-hybridized carbons (Fsp3) is 0.217. The number of nitrogens with one attached hydrogen (secondary N) is 1. The Morgan fingerprint density at radius 1 is 1.10 bits per heavy atom. The number of nitrogens with zero attached hydrogens (tertiary/aromatic N) is 3. The van der Waals surface area contributed by atoms with Crippen LogP contribution in [0.2, 0.25) is 0 Å². The van der Waals surface area contributed by atoms with E-state index < -0.39 is 18.9 Å². The van der Waals surface area contributed by atoms with Crippen LogP contribution in [0, 0.1) is 0 Å². The van der Waals surface area contributed by atoms with Crippen LogP contribution in [0.1, 0.15) is 32.9 Å². The molecule has 0 radical (unpaired) electrons. The molecule has 0 spiro atoms. The van der Waals surface area contributed by atoms with Gasteiger partial charge in [-0.25, -0.2) is 4.98 Å². The van der Waals surface area contributed by atoms with Gasteiger partial charge >= 0.3 is 0 Å². The summed E-state index contributed by atoms with van der Waals surface area (Å²) in [6.45, 7) is -2.18. The lowest BCUT2D eigenvalue weighted by Crippen LogP contribution is -2.52. The van der Waals surface area contributed by atoms with Gasteiger partial charge in [-0.3, -0.25) is 19.7 Å². The Morgan fingerprint density at radius 2 is 1.93 bits per heavy atom. The minimum atomic E-state index is -2.41. The Kier molecular flexibility index (Phi) is 3.51. The van der Waals surface area contributed by atoms with Crippen LogP contribution in [0.3, 0.4) is 0 Å². The molecule has 1 unspecified atom stereocenters. The zero-order valence-electron chi connectivity index (χ0n) is 19.0. The van der Waals surface area contributed by atoms with Crippen LogP contribution >= 0.6 is 0 Å². The van der Waals surface area contributed by atoms with Crippen molar-refractivity contribution < 1.29 is 18.5 Å². The Hall–Kier alpha value is -3.74. The van der Waals surface area contributed by atoms with Gasteiger partial charge in [0.15, 0.2) is 0 Å². The van der Waals surface area contributed by atoms with Crippen LogP contribution in [0.4, 0.5) is 0 Å². The number of imide groups is 1. The summed E-state index contributed by atoms with van der Waals surface area (Å²) in [5.74, 6) is -0.727. The standard InChI is InChI=1S/C23H20N4O3/c1-26-13-18(24-21(26)14-5-3-2-4-6-14)15-7-8-17-16(11-15)12-27(23(17)30)19-9-10-20(28)25-22(19)29/h2-8,11,13,19H,9-10,12H2,1H3,(H,25,28,29)/i1D3. The van der Waals surface area contributed by atoms with Crippen molar-refractivity contribution in [3.05, 3.63) is 65.9 Å². The van der Waals surface area contributed by atoms with Crippen molar-refractivity contribution in [3.63, 3.8) is 0 Å². The largest absolute Gasteiger partial charge is 0.333 e. The number of aromatic nitrogens is 2. The van der Waals surface area contributed by atoms with Crippen LogP contribution in [0.5, 0.6) is 0 Å². The van der Waals surface area contributed by atoms with Gasteiger partial charge in [-0.2, -0.15) is 0 Å². The maximum absolute atomic E-state index is 12.9. The number of hydrogen-bond acceptors (Lipinski definition) is 4. The summed E-state index contributed by atoms with van der Waals surface area (Å²) in [6, 6.07) is 13.6. The first kappa shape index (κ1) is 15.1. The topological polar surface area (TPSA) is 84.3 Å². The van der Waals surface area contributed by atoms with E-state index in [1.54, 1.807) is 30.3 Å². The lowest BCUT2D eigenvalue weighted by atomic mass is 10.0. The third-order valence-electron chi connectivity index (χ3n) is 5.56. The van der Waals surface area contributed by atoms with Crippen molar-refractivity contribution in [1.29, 1.82) is 0 Å². The van der Waals surface area contributed by atoms with Gasteiger partial charge in [0.2, 0.25) is 11.8 Å². The molecule has 0 saturated carbocycles. The van der Waals surface area contributed by atoms with Gasteiger partial charge in [0.05, 0.1) is 5.69 Å². The number of rotatable bonds is 3. The van der Waals surface area contributed by atoms with E-state index in [1.165, 1.54) is 15.7 Å². The summed E-state index contributed by atoms with van der Waals surface area (Å²) in [4.78, 5) is 42.7. The van der Waals surface area contributed by atoms with E-state index in [2.05, 4.69) is 10.3 Å². The summed E-state index contributed by atoms with van der Waals surface area (Å²) < 4.78 is 24.9. The van der Waals surface area contributed by atoms with Crippen molar-refractivity contribution in [2.24, 2.45) is 6.98 Å². The van der Waals surface area contributed by atoms with Crippen molar-refractivity contribution in [2.45, 2.75) is 25.4 Å². The van der Waals surface area contributed by atoms with Crippen LogP contribution in [-0.2, 0) is 23.1 Å². The number of piperidine rings is 1. The van der Waals surface area contributed by atoms with E-state index in [1.807, 2.05) is 18.2 Å². The van der Waals surface area contributed by atoms with Crippen molar-refractivity contribution >= 4 is 17.7 Å². The normalized spacial score (nSPS) is 20.4. The quantitative estimate of drug-likeness (QED) is 0.681. The zero-order valence-corrected chi connectivity index (χ0v) is 16.0. The predicted octanol–water partition coefficient (Wildman–Crippen LogP) is 2.52. The average molecular weight is 403 g/mol. The highest BCUT2D eigenvalue weighted by atomic mass is 16.2. The molecule has 2 aliphatic heterocycles. The molecule has 3 heterocycles. The lowest BCUT2D eigenvalue weighted by molar-refractivity contribution is -0.136. The van der Waals surface area contributed by atoms with Crippen LogP contribution in [0.15, 0.2) is 54.7 Å². The summed E-state index contributed by atoms with van der Waals surface area (Å²) in [6.07, 6.45) is 1.98. The second kappa shape index (κ2) is 6.95. The molecule has 5 rings (SSSR count). The molecule has 1 fully saturated rings. The number of imidazole rings is 1. The average Bonchev–Trinajstić information content (AvgIpc) is 3.37. The highest BCUT2D eigenvalue weighted by molar-refractivity contribution is 6.05. The molecule has 1 atom stereocenters. The molecule has 150 valence electrons. The minimum Gasteiger partial charge on any atom is -0.333 e. The molecule has 1 saturated heterocycles. The first-order valence-electron chi connectivity index (χ1n) is 11.2. The van der Waals surface area contributed by atoms with Gasteiger partial charge in [-0.05, 0) is 24.1 Å². The Bertz CT molecular complexity index is 1280. The van der Waals surface area contributed by atoms with Crippen LogP contribution in [-0.4, -0.2) is 38.2 Å². The number of carbonyl (C=O) groups excluding carboxylic acids is 3. The highest BCUT2D eigenvalue weighted by Crippen LogP contribution is 2.31. The molecule has 1 aromatic heterocycles. The molecule has 3 amide bonds. The number of fused-ring (bicyclic) bond motifs is 1. The predicted molar refractivity (Wildman–Crippen MR) is 110 cm³/mol. The number of benzene rings is 2. The van der Waals surface area contributed by atoms with Gasteiger partial charge in [0, 0.05) is 46.9 Å². The Balaban J connectivity index is 1.49. The van der Waals surface area contributed by atoms with E-state index in [0.29, 0.717) is 34.6 Å². The van der Waals surface area contributed by atoms with Gasteiger partial charge in [-0.1, -0.05) is 36.4 Å². The Morgan fingerprint density at radius 3 is 2.70 bits per heavy atom. The van der Waals surface area contributed by atoms with E-state index in [0.717, 1.165) is 5.56 Å². The molecule has 3 aromatic rings. The summed E-state index contributed by atoms with van der Waals surface area (Å²) in [5.41, 5.74) is 3.04. The summed E-state index contributed by atoms with van der Waals surface area (Å²) in [5, 5.41) is 2.29. The molecule has 0 aliphatic carbocycles. The van der Waals surface area contributed by atoms with E-state index in [-0.39, 0.29) is 24.8 Å². The van der Waals surface area contributed by atoms with Gasteiger partial charge < -0.3 is 9.47 Å². The second-order valence-corrected chi connectivity index (χ2v) is 7.46. The van der Waals surface area contributed by atoms with Crippen molar-refractivity contribution in [3.8, 4) is 22.6 Å². The number of amides is 3. The molecule has 7 heteroatoms. The fourth-order valence-corrected chi connectivity index (χ4v) is 4.04. The second-order valence-electron chi connectivity index (χ2n) is 7.46. The molecular weight excluding hydrogens is 380 g/mol. The Labute approximate surface area is 177 Å². The first-order valence-corrected chi connectivity index (χ1v) is 9.65. The SMILES string of the molecule is [2H]C([2H])([2H])n1cc(-c2ccc3c(c2)CN(C2CCC(=O)NC2=O)C3=O)nc1-c1ccccc1. The van der Waals surface area contributed by atoms with Gasteiger partial charge in [-0.15, -0.1) is 0 Å². The first-order chi connectivity index (χ1) is 15.7. The van der Waals surface area contributed by atoms with Gasteiger partial charge in [0.25, 0.3) is 5.91 Å². The molecule has 2 aromatic carbocycles. The number of hydrogen-bond donors (Lipinski definition) is 1. The number of aryl methyl sites for hydroxylation is 1. The molecule has 0 bridgehead atoms. The van der Waals surface area contributed by atoms with E-state index in [4.69, 9.17) is 4.11 Å². The molecular formula is C23H20N4O3. The molecule has 30 heavy (non-hydrogen) atoms. The summed E-state index contributed by atoms with van der Waals surface area (Å²) in [7, 11) is 0. The van der Waals surface area contributed by atoms with Crippen LogP contribution < -0.4 is 5.32 Å². The molecule has 7 nitrogen and oxygen atoms in total. The van der Waals surface area contributed by atoms with Crippen molar-refractivity contribution in [2.75, 3.05) is 0 Å². The van der Waals surface area contributed by atoms with E-state index in [9.17, 15) is 14.4 Å². The molecule has 1 N–H and O–H groups in total. The fourth-order valence-electron chi connectivity index (χ4n) is 4.04. The van der Waals surface area contributed by atoms with Crippen LogP contribution in [0.25, 0.3) is 22.6 Å². The van der Waals surface area contributed by atoms with E-state index >= 15 is 0 Å². The zero-order chi connectivity index (χ0) is 23.3. The highest BCUT2D eigenvalue weighted by Gasteiger charge is 2.39. The van der Waals surface area contributed by atoms with Gasteiger partial charge in [0.1, 0.15) is 11.9 Å². The van der Waals surface area contributed by atoms with Crippen molar-refractivity contribution in [1.82, 2.24) is 19.8 Å². The monoisotopic (exact) mass is 403 g/mol. The third-order valence-corrected chi connectivity index (χ3v) is 5.56. The third kappa shape index (κ3) is 2.99. The summed E-state index contributed by atoms with van der Waals surface area (Å²) >= 11 is 0. The minimum absolute atomic E-state index is 0.191. The lowest BCUT2D eigenvalue weighted by Gasteiger charge is -2.29. The smallest absolute Gasteiger partial charge is 0.255 e. The maximum atomic E-state index is 12.9. The maximum Gasteiger partial charge on any atom is 0.255 e.